The van der Waals surface area contributed by atoms with Crippen LogP contribution >= 0.6 is 11.6 Å². The van der Waals surface area contributed by atoms with Crippen LogP contribution in [0.4, 0.5) is 17.1 Å². The van der Waals surface area contributed by atoms with Gasteiger partial charge in [-0.3, -0.25) is 19.7 Å². The molecule has 1 heterocycles. The van der Waals surface area contributed by atoms with Gasteiger partial charge in [-0.25, -0.2) is 0 Å². The van der Waals surface area contributed by atoms with E-state index in [0.29, 0.717) is 16.4 Å². The second-order valence-corrected chi connectivity index (χ2v) is 6.56. The lowest BCUT2D eigenvalue weighted by atomic mass is 10.1. The van der Waals surface area contributed by atoms with E-state index in [1.807, 2.05) is 6.92 Å². The zero-order chi connectivity index (χ0) is 18.8. The molecule has 0 aliphatic carbocycles. The summed E-state index contributed by atoms with van der Waals surface area (Å²) in [6, 6.07) is 10.9. The monoisotopic (exact) mass is 373 g/mol. The average molecular weight is 374 g/mol. The van der Waals surface area contributed by atoms with E-state index < -0.39 is 10.8 Å². The van der Waals surface area contributed by atoms with Gasteiger partial charge in [0.2, 0.25) is 11.8 Å². The molecule has 8 heteroatoms. The molecule has 1 aliphatic heterocycles. The van der Waals surface area contributed by atoms with Gasteiger partial charge in [0, 0.05) is 41.5 Å². The zero-order valence-electron chi connectivity index (χ0n) is 13.9. The Labute approximate surface area is 154 Å². The maximum atomic E-state index is 12.5. The van der Waals surface area contributed by atoms with Crippen LogP contribution in [0.2, 0.25) is 5.02 Å². The molecule has 3 rings (SSSR count). The Kier molecular flexibility index (Phi) is 4.90. The van der Waals surface area contributed by atoms with Gasteiger partial charge >= 0.3 is 0 Å². The first-order chi connectivity index (χ1) is 12.3. The standard InChI is InChI=1S/C18H16ClN3O4/c1-11-2-3-13(19)9-16(11)20-18(24)12-8-17(23)21(10-12)14-4-6-15(7-5-14)22(25)26/h2-7,9,12H,8,10H2,1H3,(H,20,24)/t12-/m0/s1. The Balaban J connectivity index is 1.71. The van der Waals surface area contributed by atoms with Crippen molar-refractivity contribution in [1.82, 2.24) is 0 Å². The molecule has 0 unspecified atom stereocenters. The molecule has 134 valence electrons. The lowest BCUT2D eigenvalue weighted by Gasteiger charge is -2.17. The maximum Gasteiger partial charge on any atom is 0.269 e. The third kappa shape index (κ3) is 3.67. The molecule has 7 nitrogen and oxygen atoms in total. The third-order valence-corrected chi connectivity index (χ3v) is 4.56. The number of carbonyl (C=O) groups is 2. The fourth-order valence-electron chi connectivity index (χ4n) is 2.85. The van der Waals surface area contributed by atoms with Crippen LogP contribution in [0.25, 0.3) is 0 Å². The number of aryl methyl sites for hydroxylation is 1. The number of nitrogens with zero attached hydrogens (tertiary/aromatic N) is 2. The number of halogens is 1. The predicted octanol–water partition coefficient (Wildman–Crippen LogP) is 3.55. The number of hydrogen-bond acceptors (Lipinski definition) is 4. The number of nitrogens with one attached hydrogen (secondary N) is 1. The summed E-state index contributed by atoms with van der Waals surface area (Å²) in [7, 11) is 0. The number of anilines is 2. The highest BCUT2D eigenvalue weighted by molar-refractivity contribution is 6.31. The molecule has 1 atom stereocenters. The SMILES string of the molecule is Cc1ccc(Cl)cc1NC(=O)[C@H]1CC(=O)N(c2ccc([N+](=O)[O-])cc2)C1. The van der Waals surface area contributed by atoms with Crippen LogP contribution in [0.15, 0.2) is 42.5 Å². The fraction of sp³-hybridized carbons (Fsp3) is 0.222. The minimum atomic E-state index is -0.504. The lowest BCUT2D eigenvalue weighted by Crippen LogP contribution is -2.28. The summed E-state index contributed by atoms with van der Waals surface area (Å²) < 4.78 is 0. The maximum absolute atomic E-state index is 12.5. The molecule has 1 fully saturated rings. The van der Waals surface area contributed by atoms with Crippen molar-refractivity contribution in [1.29, 1.82) is 0 Å². The normalized spacial score (nSPS) is 16.6. The summed E-state index contributed by atoms with van der Waals surface area (Å²) in [4.78, 5) is 36.5. The van der Waals surface area contributed by atoms with Gasteiger partial charge in [-0.2, -0.15) is 0 Å². The first-order valence-electron chi connectivity index (χ1n) is 7.97. The topological polar surface area (TPSA) is 92.6 Å². The number of rotatable bonds is 4. The Bertz CT molecular complexity index is 883. The van der Waals surface area contributed by atoms with E-state index in [9.17, 15) is 19.7 Å². The van der Waals surface area contributed by atoms with Crippen molar-refractivity contribution in [3.05, 3.63) is 63.2 Å². The highest BCUT2D eigenvalue weighted by Crippen LogP contribution is 2.28. The smallest absolute Gasteiger partial charge is 0.269 e. The van der Waals surface area contributed by atoms with E-state index in [1.54, 1.807) is 18.2 Å². The minimum absolute atomic E-state index is 0.0499. The van der Waals surface area contributed by atoms with Gasteiger partial charge in [-0.15, -0.1) is 0 Å². The van der Waals surface area contributed by atoms with E-state index >= 15 is 0 Å². The average Bonchev–Trinajstić information content (AvgIpc) is 3.00. The Morgan fingerprint density at radius 1 is 1.27 bits per heavy atom. The molecule has 2 aromatic carbocycles. The number of nitro groups is 1. The van der Waals surface area contributed by atoms with Crippen molar-refractivity contribution in [3.8, 4) is 0 Å². The van der Waals surface area contributed by atoms with Gasteiger partial charge < -0.3 is 10.2 Å². The number of nitro benzene ring substituents is 1. The summed E-state index contributed by atoms with van der Waals surface area (Å²) in [6.45, 7) is 2.08. The summed E-state index contributed by atoms with van der Waals surface area (Å²) in [5, 5.41) is 14.1. The molecule has 2 amide bonds. The summed E-state index contributed by atoms with van der Waals surface area (Å²) in [5.41, 5.74) is 1.98. The highest BCUT2D eigenvalue weighted by atomic mass is 35.5. The van der Waals surface area contributed by atoms with Crippen LogP contribution < -0.4 is 10.2 Å². The number of benzene rings is 2. The van der Waals surface area contributed by atoms with E-state index in [-0.39, 0.29) is 30.5 Å². The molecular formula is C18H16ClN3O4. The van der Waals surface area contributed by atoms with E-state index in [0.717, 1.165) is 5.56 Å². The summed E-state index contributed by atoms with van der Waals surface area (Å²) in [5.74, 6) is -0.953. The van der Waals surface area contributed by atoms with Crippen LogP contribution in [0.1, 0.15) is 12.0 Å². The summed E-state index contributed by atoms with van der Waals surface area (Å²) >= 11 is 5.96. The van der Waals surface area contributed by atoms with Crippen LogP contribution in [-0.2, 0) is 9.59 Å². The largest absolute Gasteiger partial charge is 0.325 e. The second-order valence-electron chi connectivity index (χ2n) is 6.13. The van der Waals surface area contributed by atoms with Gasteiger partial charge in [-0.1, -0.05) is 17.7 Å². The summed E-state index contributed by atoms with van der Waals surface area (Å²) in [6.07, 6.45) is 0.0857. The van der Waals surface area contributed by atoms with Crippen molar-refractivity contribution in [2.75, 3.05) is 16.8 Å². The van der Waals surface area contributed by atoms with Crippen molar-refractivity contribution in [2.45, 2.75) is 13.3 Å². The second kappa shape index (κ2) is 7.13. The number of hydrogen-bond donors (Lipinski definition) is 1. The molecule has 1 saturated heterocycles. The Hall–Kier alpha value is -2.93. The van der Waals surface area contributed by atoms with Gasteiger partial charge in [0.25, 0.3) is 5.69 Å². The van der Waals surface area contributed by atoms with Crippen molar-refractivity contribution in [3.63, 3.8) is 0 Å². The first kappa shape index (κ1) is 17.9. The Morgan fingerprint density at radius 2 is 1.96 bits per heavy atom. The number of non-ortho nitro benzene ring substituents is 1. The minimum Gasteiger partial charge on any atom is -0.325 e. The predicted molar refractivity (Wildman–Crippen MR) is 98.4 cm³/mol. The first-order valence-corrected chi connectivity index (χ1v) is 8.35. The highest BCUT2D eigenvalue weighted by Gasteiger charge is 2.35. The van der Waals surface area contributed by atoms with E-state index in [1.165, 1.54) is 29.2 Å². The van der Waals surface area contributed by atoms with E-state index in [2.05, 4.69) is 5.32 Å². The number of amides is 2. The van der Waals surface area contributed by atoms with Crippen LogP contribution in [-0.4, -0.2) is 23.3 Å². The van der Waals surface area contributed by atoms with E-state index in [4.69, 9.17) is 11.6 Å². The number of carbonyl (C=O) groups excluding carboxylic acids is 2. The third-order valence-electron chi connectivity index (χ3n) is 4.33. The zero-order valence-corrected chi connectivity index (χ0v) is 14.7. The van der Waals surface area contributed by atoms with Gasteiger partial charge in [0.15, 0.2) is 0 Å². The molecule has 0 aromatic heterocycles. The van der Waals surface area contributed by atoms with Crippen molar-refractivity contribution >= 4 is 40.5 Å². The van der Waals surface area contributed by atoms with Crippen molar-refractivity contribution in [2.24, 2.45) is 5.92 Å². The van der Waals surface area contributed by atoms with Crippen LogP contribution in [0.3, 0.4) is 0 Å². The molecule has 0 radical (unpaired) electrons. The fourth-order valence-corrected chi connectivity index (χ4v) is 3.02. The molecule has 1 aliphatic rings. The van der Waals surface area contributed by atoms with Crippen LogP contribution in [0.5, 0.6) is 0 Å². The lowest BCUT2D eigenvalue weighted by molar-refractivity contribution is -0.384. The van der Waals surface area contributed by atoms with Gasteiger partial charge in [0.1, 0.15) is 0 Å². The Morgan fingerprint density at radius 3 is 2.62 bits per heavy atom. The molecule has 0 spiro atoms. The molecule has 2 aromatic rings. The van der Waals surface area contributed by atoms with Gasteiger partial charge in [0.05, 0.1) is 10.8 Å². The molecule has 26 heavy (non-hydrogen) atoms. The van der Waals surface area contributed by atoms with Crippen molar-refractivity contribution < 1.29 is 14.5 Å². The van der Waals surface area contributed by atoms with Gasteiger partial charge in [-0.05, 0) is 36.8 Å². The molecular weight excluding hydrogens is 358 g/mol. The molecule has 0 bridgehead atoms. The quantitative estimate of drug-likeness (QED) is 0.655. The molecule has 1 N–H and O–H groups in total. The van der Waals surface area contributed by atoms with Crippen LogP contribution in [0, 0.1) is 23.0 Å². The molecule has 0 saturated carbocycles.